The Balaban J connectivity index is 1.47. The number of phenols is 1. The van der Waals surface area contributed by atoms with E-state index in [-0.39, 0.29) is 23.0 Å². The molecule has 2 amide bonds. The van der Waals surface area contributed by atoms with Crippen LogP contribution in [0.25, 0.3) is 0 Å². The molecule has 0 saturated carbocycles. The van der Waals surface area contributed by atoms with Crippen LogP contribution in [0.3, 0.4) is 0 Å². The molecule has 0 heterocycles. The Labute approximate surface area is 189 Å². The van der Waals surface area contributed by atoms with E-state index in [1.807, 2.05) is 48.5 Å². The van der Waals surface area contributed by atoms with Gasteiger partial charge < -0.3 is 15.7 Å². The van der Waals surface area contributed by atoms with Gasteiger partial charge in [-0.25, -0.2) is 0 Å². The molecule has 3 N–H and O–H groups in total. The number of benzene rings is 3. The van der Waals surface area contributed by atoms with Gasteiger partial charge >= 0.3 is 0 Å². The molecule has 5 heteroatoms. The van der Waals surface area contributed by atoms with Gasteiger partial charge in [-0.05, 0) is 64.9 Å². The van der Waals surface area contributed by atoms with Gasteiger partial charge in [0.05, 0.1) is 0 Å². The first-order valence-electron chi connectivity index (χ1n) is 10.8. The fraction of sp³-hybridized carbons (Fsp3) is 0.259. The zero-order valence-electron chi connectivity index (χ0n) is 18.8. The van der Waals surface area contributed by atoms with Crippen LogP contribution in [0.2, 0.25) is 0 Å². The van der Waals surface area contributed by atoms with Gasteiger partial charge in [-0.3, -0.25) is 9.59 Å². The number of carbonyl (C=O) groups excluding carboxylic acids is 2. The van der Waals surface area contributed by atoms with Crippen molar-refractivity contribution in [1.82, 2.24) is 10.6 Å². The minimum atomic E-state index is -0.140. The third kappa shape index (κ3) is 6.45. The summed E-state index contributed by atoms with van der Waals surface area (Å²) >= 11 is 0. The van der Waals surface area contributed by atoms with Crippen molar-refractivity contribution in [3.05, 3.63) is 101 Å². The van der Waals surface area contributed by atoms with E-state index in [0.717, 1.165) is 11.1 Å². The van der Waals surface area contributed by atoms with Crippen LogP contribution in [-0.2, 0) is 18.4 Å². The van der Waals surface area contributed by atoms with E-state index >= 15 is 0 Å². The highest BCUT2D eigenvalue weighted by Gasteiger charge is 2.14. The molecule has 166 valence electrons. The van der Waals surface area contributed by atoms with Crippen molar-refractivity contribution in [3.8, 4) is 5.75 Å². The van der Waals surface area contributed by atoms with Crippen LogP contribution in [-0.4, -0.2) is 23.5 Å². The highest BCUT2D eigenvalue weighted by molar-refractivity contribution is 5.95. The van der Waals surface area contributed by atoms with Gasteiger partial charge in [0.15, 0.2) is 0 Å². The average molecular weight is 431 g/mol. The molecule has 5 nitrogen and oxygen atoms in total. The van der Waals surface area contributed by atoms with Crippen molar-refractivity contribution in [2.45, 2.75) is 39.2 Å². The zero-order chi connectivity index (χ0) is 23.1. The maximum absolute atomic E-state index is 12.4. The second-order valence-corrected chi connectivity index (χ2v) is 8.88. The molecule has 0 aliphatic rings. The first kappa shape index (κ1) is 23.1. The minimum absolute atomic E-state index is 0.0502. The fourth-order valence-corrected chi connectivity index (χ4v) is 3.27. The normalized spacial score (nSPS) is 11.1. The monoisotopic (exact) mass is 430 g/mol. The van der Waals surface area contributed by atoms with Crippen LogP contribution < -0.4 is 10.6 Å². The van der Waals surface area contributed by atoms with Gasteiger partial charge in [0.2, 0.25) is 0 Å². The number of amides is 2. The second kappa shape index (κ2) is 10.1. The summed E-state index contributed by atoms with van der Waals surface area (Å²) in [6.07, 6.45) is 0.687. The van der Waals surface area contributed by atoms with Crippen molar-refractivity contribution < 1.29 is 14.7 Å². The van der Waals surface area contributed by atoms with Crippen molar-refractivity contribution >= 4 is 11.8 Å². The summed E-state index contributed by atoms with van der Waals surface area (Å²) in [5.74, 6) is -0.0349. The molecule has 3 aromatic rings. The average Bonchev–Trinajstić information content (AvgIpc) is 2.78. The van der Waals surface area contributed by atoms with Crippen molar-refractivity contribution in [2.75, 3.05) is 6.54 Å². The largest absolute Gasteiger partial charge is 0.508 e. The highest BCUT2D eigenvalue weighted by atomic mass is 16.3. The number of phenolic OH excluding ortho intramolecular Hbond substituents is 1. The zero-order valence-corrected chi connectivity index (χ0v) is 18.8. The first-order valence-corrected chi connectivity index (χ1v) is 10.8. The Hall–Kier alpha value is -3.60. The Bertz CT molecular complexity index is 1050. The van der Waals surface area contributed by atoms with E-state index < -0.39 is 0 Å². The number of hydrogen-bond acceptors (Lipinski definition) is 3. The SMILES string of the molecule is CC(C)(C)c1ccc(C(=O)NCc2ccc(C(=O)NCCc3ccc(O)cc3)cc2)cc1. The van der Waals surface area contributed by atoms with Crippen LogP contribution in [0, 0.1) is 0 Å². The molecule has 32 heavy (non-hydrogen) atoms. The second-order valence-electron chi connectivity index (χ2n) is 8.88. The molecule has 0 saturated heterocycles. The molecule has 0 unspecified atom stereocenters. The van der Waals surface area contributed by atoms with E-state index in [1.54, 1.807) is 24.3 Å². The van der Waals surface area contributed by atoms with Crippen LogP contribution in [0.1, 0.15) is 58.2 Å². The molecule has 0 aromatic heterocycles. The number of aromatic hydroxyl groups is 1. The lowest BCUT2D eigenvalue weighted by molar-refractivity contribution is 0.0943. The smallest absolute Gasteiger partial charge is 0.251 e. The van der Waals surface area contributed by atoms with E-state index in [2.05, 4.69) is 31.4 Å². The molecular formula is C27H30N2O3. The van der Waals surface area contributed by atoms with Crippen molar-refractivity contribution in [3.63, 3.8) is 0 Å². The Morgan fingerprint density at radius 2 is 1.22 bits per heavy atom. The minimum Gasteiger partial charge on any atom is -0.508 e. The molecule has 0 fully saturated rings. The number of carbonyl (C=O) groups is 2. The maximum Gasteiger partial charge on any atom is 0.251 e. The summed E-state index contributed by atoms with van der Waals surface area (Å²) in [5.41, 5.74) is 4.40. The third-order valence-electron chi connectivity index (χ3n) is 5.32. The summed E-state index contributed by atoms with van der Waals surface area (Å²) in [6, 6.07) is 21.8. The van der Waals surface area contributed by atoms with E-state index in [1.165, 1.54) is 5.56 Å². The van der Waals surface area contributed by atoms with Crippen LogP contribution in [0.5, 0.6) is 5.75 Å². The standard InChI is InChI=1S/C27H30N2O3/c1-27(2,3)23-12-10-22(11-13-23)26(32)29-18-20-4-8-21(9-5-20)25(31)28-17-16-19-6-14-24(30)15-7-19/h4-15,30H,16-18H2,1-3H3,(H,28,31)(H,29,32). The Kier molecular flexibility index (Phi) is 7.31. The Morgan fingerprint density at radius 1 is 0.719 bits per heavy atom. The van der Waals surface area contributed by atoms with Gasteiger partial charge in [0, 0.05) is 24.2 Å². The quantitative estimate of drug-likeness (QED) is 0.513. The first-order chi connectivity index (χ1) is 15.2. The van der Waals surface area contributed by atoms with Crippen molar-refractivity contribution in [2.24, 2.45) is 0 Å². The summed E-state index contributed by atoms with van der Waals surface area (Å²) < 4.78 is 0. The lowest BCUT2D eigenvalue weighted by atomic mass is 9.87. The fourth-order valence-electron chi connectivity index (χ4n) is 3.27. The lowest BCUT2D eigenvalue weighted by Gasteiger charge is -2.19. The van der Waals surface area contributed by atoms with Gasteiger partial charge in [-0.15, -0.1) is 0 Å². The summed E-state index contributed by atoms with van der Waals surface area (Å²) in [4.78, 5) is 24.7. The molecule has 0 spiro atoms. The Morgan fingerprint density at radius 3 is 1.78 bits per heavy atom. The number of hydrogen-bond donors (Lipinski definition) is 3. The number of nitrogens with one attached hydrogen (secondary N) is 2. The summed E-state index contributed by atoms with van der Waals surface area (Å²) in [5, 5.41) is 15.1. The summed E-state index contributed by atoms with van der Waals surface area (Å²) in [7, 11) is 0. The van der Waals surface area contributed by atoms with Gasteiger partial charge in [0.25, 0.3) is 11.8 Å². The van der Waals surface area contributed by atoms with Gasteiger partial charge in [-0.2, -0.15) is 0 Å². The van der Waals surface area contributed by atoms with Crippen LogP contribution in [0.15, 0.2) is 72.8 Å². The van der Waals surface area contributed by atoms with Gasteiger partial charge in [0.1, 0.15) is 5.75 Å². The highest BCUT2D eigenvalue weighted by Crippen LogP contribution is 2.22. The van der Waals surface area contributed by atoms with Gasteiger partial charge in [-0.1, -0.05) is 57.2 Å². The topological polar surface area (TPSA) is 78.4 Å². The van der Waals surface area contributed by atoms with Crippen LogP contribution in [0.4, 0.5) is 0 Å². The molecule has 3 aromatic carbocycles. The molecular weight excluding hydrogens is 400 g/mol. The third-order valence-corrected chi connectivity index (χ3v) is 5.32. The predicted molar refractivity (Wildman–Crippen MR) is 127 cm³/mol. The molecule has 0 atom stereocenters. The maximum atomic E-state index is 12.4. The molecule has 0 radical (unpaired) electrons. The molecule has 0 aliphatic heterocycles. The number of rotatable bonds is 7. The molecule has 0 bridgehead atoms. The predicted octanol–water partition coefficient (Wildman–Crippen LogP) is 4.59. The lowest BCUT2D eigenvalue weighted by Crippen LogP contribution is -2.26. The van der Waals surface area contributed by atoms with Crippen LogP contribution >= 0.6 is 0 Å². The van der Waals surface area contributed by atoms with E-state index in [9.17, 15) is 14.7 Å². The summed E-state index contributed by atoms with van der Waals surface area (Å²) in [6.45, 7) is 7.32. The van der Waals surface area contributed by atoms with Crippen molar-refractivity contribution in [1.29, 1.82) is 0 Å². The molecule has 3 rings (SSSR count). The molecule has 0 aliphatic carbocycles. The van der Waals surface area contributed by atoms with E-state index in [4.69, 9.17) is 0 Å². The van der Waals surface area contributed by atoms with E-state index in [0.29, 0.717) is 30.6 Å².